The number of rotatable bonds is 10. The third kappa shape index (κ3) is 7.59. The van der Waals surface area contributed by atoms with Gasteiger partial charge in [0.25, 0.3) is 11.8 Å². The first-order valence-corrected chi connectivity index (χ1v) is 12.6. The third-order valence-corrected chi connectivity index (χ3v) is 6.45. The molecule has 0 unspecified atom stereocenters. The lowest BCUT2D eigenvalue weighted by molar-refractivity contribution is -0.118. The van der Waals surface area contributed by atoms with Gasteiger partial charge in [0.15, 0.2) is 6.61 Å². The molecule has 2 fully saturated rings. The van der Waals surface area contributed by atoms with Crippen molar-refractivity contribution in [1.82, 2.24) is 10.2 Å². The first kappa shape index (κ1) is 25.3. The molecule has 2 N–H and O–H groups in total. The Morgan fingerprint density at radius 1 is 1.00 bits per heavy atom. The van der Waals surface area contributed by atoms with E-state index in [4.69, 9.17) is 21.1 Å². The van der Waals surface area contributed by atoms with Gasteiger partial charge in [-0.05, 0) is 68.3 Å². The fraction of sp³-hybridized carbons (Fsp3) is 0.462. The summed E-state index contributed by atoms with van der Waals surface area (Å²) in [5.41, 5.74) is 2.05. The maximum absolute atomic E-state index is 13.1. The van der Waals surface area contributed by atoms with E-state index < -0.39 is 0 Å². The number of morpholine rings is 1. The Hall–Kier alpha value is -2.81. The zero-order chi connectivity index (χ0) is 24.5. The quantitative estimate of drug-likeness (QED) is 0.486. The van der Waals surface area contributed by atoms with Gasteiger partial charge in [-0.1, -0.05) is 11.6 Å². The Morgan fingerprint density at radius 3 is 2.49 bits per heavy atom. The molecule has 2 saturated heterocycles. The second kappa shape index (κ2) is 12.8. The van der Waals surface area contributed by atoms with Crippen molar-refractivity contribution >= 4 is 34.8 Å². The van der Waals surface area contributed by atoms with E-state index >= 15 is 0 Å². The Morgan fingerprint density at radius 2 is 1.74 bits per heavy atom. The summed E-state index contributed by atoms with van der Waals surface area (Å²) in [4.78, 5) is 30.2. The number of nitrogens with one attached hydrogen (secondary N) is 2. The van der Waals surface area contributed by atoms with Gasteiger partial charge in [-0.3, -0.25) is 14.5 Å². The minimum Gasteiger partial charge on any atom is -0.484 e. The van der Waals surface area contributed by atoms with E-state index in [1.165, 1.54) is 0 Å². The lowest BCUT2D eigenvalue weighted by Gasteiger charge is -2.26. The van der Waals surface area contributed by atoms with E-state index in [0.29, 0.717) is 28.6 Å². The summed E-state index contributed by atoms with van der Waals surface area (Å²) >= 11 is 5.88. The number of anilines is 2. The number of amides is 2. The van der Waals surface area contributed by atoms with E-state index in [2.05, 4.69) is 20.4 Å². The van der Waals surface area contributed by atoms with Crippen LogP contribution in [-0.2, 0) is 9.53 Å². The average molecular weight is 501 g/mol. The van der Waals surface area contributed by atoms with Gasteiger partial charge in [-0.2, -0.15) is 0 Å². The number of carbonyl (C=O) groups is 2. The van der Waals surface area contributed by atoms with Crippen molar-refractivity contribution in [2.24, 2.45) is 0 Å². The first-order chi connectivity index (χ1) is 17.1. The number of halogens is 1. The number of benzene rings is 2. The van der Waals surface area contributed by atoms with Crippen molar-refractivity contribution in [3.8, 4) is 5.75 Å². The molecule has 0 atom stereocenters. The molecular formula is C26H33ClN4O4. The fourth-order valence-corrected chi connectivity index (χ4v) is 4.46. The molecule has 9 heteroatoms. The van der Waals surface area contributed by atoms with Crippen molar-refractivity contribution < 1.29 is 19.1 Å². The SMILES string of the molecule is O=C(COc1ccc(Cl)cc1)Nc1ccc(N2CCCC2)c(C(=O)NCCCN2CCOCC2)c1. The van der Waals surface area contributed by atoms with Crippen LogP contribution in [0.5, 0.6) is 5.75 Å². The summed E-state index contributed by atoms with van der Waals surface area (Å²) in [5.74, 6) is 0.138. The monoisotopic (exact) mass is 500 g/mol. The van der Waals surface area contributed by atoms with E-state index in [-0.39, 0.29) is 18.4 Å². The summed E-state index contributed by atoms with van der Waals surface area (Å²) in [6.45, 7) is 6.68. The van der Waals surface area contributed by atoms with Gasteiger partial charge >= 0.3 is 0 Å². The van der Waals surface area contributed by atoms with Crippen LogP contribution in [-0.4, -0.2) is 75.8 Å². The van der Waals surface area contributed by atoms with Gasteiger partial charge in [0, 0.05) is 49.1 Å². The van der Waals surface area contributed by atoms with Crippen LogP contribution in [0, 0.1) is 0 Å². The highest BCUT2D eigenvalue weighted by Crippen LogP contribution is 2.27. The standard InChI is InChI=1S/C26H33ClN4O4/c27-20-4-7-22(8-5-20)35-19-25(32)29-21-6-9-24(31-12-1-2-13-31)23(18-21)26(33)28-10-3-11-30-14-16-34-17-15-30/h4-9,18H,1-3,10-17,19H2,(H,28,33)(H,29,32). The summed E-state index contributed by atoms with van der Waals surface area (Å²) in [6.07, 6.45) is 3.10. The van der Waals surface area contributed by atoms with Crippen LogP contribution >= 0.6 is 11.6 Å². The number of carbonyl (C=O) groups excluding carboxylic acids is 2. The molecule has 0 aliphatic carbocycles. The maximum atomic E-state index is 13.1. The fourth-order valence-electron chi connectivity index (χ4n) is 4.33. The zero-order valence-corrected chi connectivity index (χ0v) is 20.7. The molecule has 0 spiro atoms. The molecule has 2 heterocycles. The van der Waals surface area contributed by atoms with Crippen LogP contribution in [0.2, 0.25) is 5.02 Å². The first-order valence-electron chi connectivity index (χ1n) is 12.2. The van der Waals surface area contributed by atoms with Crippen LogP contribution in [0.3, 0.4) is 0 Å². The smallest absolute Gasteiger partial charge is 0.262 e. The van der Waals surface area contributed by atoms with Crippen molar-refractivity contribution in [1.29, 1.82) is 0 Å². The number of nitrogens with zero attached hydrogens (tertiary/aromatic N) is 2. The van der Waals surface area contributed by atoms with E-state index in [1.807, 2.05) is 12.1 Å². The van der Waals surface area contributed by atoms with Crippen molar-refractivity contribution in [3.05, 3.63) is 53.1 Å². The Kier molecular flexibility index (Phi) is 9.22. The van der Waals surface area contributed by atoms with Crippen LogP contribution in [0.1, 0.15) is 29.6 Å². The van der Waals surface area contributed by atoms with Gasteiger partial charge in [0.2, 0.25) is 0 Å². The van der Waals surface area contributed by atoms with Crippen LogP contribution in [0.25, 0.3) is 0 Å². The molecule has 0 aromatic heterocycles. The number of ether oxygens (including phenoxy) is 2. The van der Waals surface area contributed by atoms with Crippen LogP contribution in [0.4, 0.5) is 11.4 Å². The molecule has 0 saturated carbocycles. The molecular weight excluding hydrogens is 468 g/mol. The molecule has 2 aromatic carbocycles. The summed E-state index contributed by atoms with van der Waals surface area (Å²) < 4.78 is 10.9. The Labute approximate surface area is 211 Å². The van der Waals surface area contributed by atoms with Crippen LogP contribution in [0.15, 0.2) is 42.5 Å². The summed E-state index contributed by atoms with van der Waals surface area (Å²) in [7, 11) is 0. The average Bonchev–Trinajstić information content (AvgIpc) is 3.42. The van der Waals surface area contributed by atoms with E-state index in [1.54, 1.807) is 30.3 Å². The zero-order valence-electron chi connectivity index (χ0n) is 19.9. The van der Waals surface area contributed by atoms with E-state index in [0.717, 1.165) is 70.9 Å². The van der Waals surface area contributed by atoms with Crippen molar-refractivity contribution in [2.45, 2.75) is 19.3 Å². The largest absolute Gasteiger partial charge is 0.484 e. The lowest BCUT2D eigenvalue weighted by Crippen LogP contribution is -2.38. The van der Waals surface area contributed by atoms with Gasteiger partial charge in [-0.25, -0.2) is 0 Å². The molecule has 0 bridgehead atoms. The van der Waals surface area contributed by atoms with Gasteiger partial charge < -0.3 is 25.0 Å². The minimum absolute atomic E-state index is 0.123. The molecule has 4 rings (SSSR count). The third-order valence-electron chi connectivity index (χ3n) is 6.20. The molecule has 2 amide bonds. The normalized spacial score (nSPS) is 16.2. The molecule has 35 heavy (non-hydrogen) atoms. The Balaban J connectivity index is 1.35. The highest BCUT2D eigenvalue weighted by atomic mass is 35.5. The topological polar surface area (TPSA) is 83.1 Å². The molecule has 2 aliphatic rings. The molecule has 188 valence electrons. The lowest BCUT2D eigenvalue weighted by atomic mass is 10.1. The predicted molar refractivity (Wildman–Crippen MR) is 138 cm³/mol. The second-order valence-electron chi connectivity index (χ2n) is 8.78. The predicted octanol–water partition coefficient (Wildman–Crippen LogP) is 3.41. The van der Waals surface area contributed by atoms with Gasteiger partial charge in [0.05, 0.1) is 18.8 Å². The molecule has 2 aromatic rings. The summed E-state index contributed by atoms with van der Waals surface area (Å²) in [5, 5.41) is 6.51. The maximum Gasteiger partial charge on any atom is 0.262 e. The highest BCUT2D eigenvalue weighted by Gasteiger charge is 2.20. The van der Waals surface area contributed by atoms with Crippen molar-refractivity contribution in [3.63, 3.8) is 0 Å². The van der Waals surface area contributed by atoms with Gasteiger partial charge in [-0.15, -0.1) is 0 Å². The second-order valence-corrected chi connectivity index (χ2v) is 9.22. The number of hydrogen-bond donors (Lipinski definition) is 2. The van der Waals surface area contributed by atoms with Crippen molar-refractivity contribution in [2.75, 3.05) is 69.3 Å². The summed E-state index contributed by atoms with van der Waals surface area (Å²) in [6, 6.07) is 12.3. The number of hydrogen-bond acceptors (Lipinski definition) is 6. The molecule has 2 aliphatic heterocycles. The Bertz CT molecular complexity index is 989. The van der Waals surface area contributed by atoms with E-state index in [9.17, 15) is 9.59 Å². The molecule has 0 radical (unpaired) electrons. The highest BCUT2D eigenvalue weighted by molar-refractivity contribution is 6.30. The van der Waals surface area contributed by atoms with Gasteiger partial charge in [0.1, 0.15) is 5.75 Å². The van der Waals surface area contributed by atoms with Crippen LogP contribution < -0.4 is 20.3 Å². The molecule has 8 nitrogen and oxygen atoms in total. The minimum atomic E-state index is -0.300.